The fourth-order valence-electron chi connectivity index (χ4n) is 2.73. The largest absolute Gasteiger partial charge is 0.490 e. The Bertz CT molecular complexity index is 1050. The van der Waals surface area contributed by atoms with Gasteiger partial charge in [0, 0.05) is 31.2 Å². The summed E-state index contributed by atoms with van der Waals surface area (Å²) in [5.41, 5.74) is 5.43. The average Bonchev–Trinajstić information content (AvgIpc) is 2.73. The summed E-state index contributed by atoms with van der Waals surface area (Å²) < 4.78 is 11.6. The maximum Gasteiger partial charge on any atom is 0.161 e. The molecule has 3 rings (SSSR count). The van der Waals surface area contributed by atoms with E-state index in [1.807, 2.05) is 31.2 Å². The van der Waals surface area contributed by atoms with Gasteiger partial charge in [0.25, 0.3) is 0 Å². The van der Waals surface area contributed by atoms with Crippen LogP contribution in [0.5, 0.6) is 11.5 Å². The lowest BCUT2D eigenvalue weighted by molar-refractivity contribution is 0.269. The van der Waals surface area contributed by atoms with Gasteiger partial charge in [-0.15, -0.1) is 0 Å². The third-order valence-electron chi connectivity index (χ3n) is 4.29. The first kappa shape index (κ1) is 23.6. The first-order chi connectivity index (χ1) is 15.0. The van der Waals surface area contributed by atoms with Crippen molar-refractivity contribution in [2.75, 3.05) is 6.61 Å². The molecule has 3 aromatic rings. The number of nitrogens with one attached hydrogen (secondary N) is 1. The fraction of sp³-hybridized carbons (Fsp3) is 0.174. The highest BCUT2D eigenvalue weighted by atomic mass is 35.5. The van der Waals surface area contributed by atoms with Crippen LogP contribution >= 0.6 is 46.4 Å². The molecule has 0 heterocycles. The van der Waals surface area contributed by atoms with Crippen LogP contribution in [-0.4, -0.2) is 12.8 Å². The van der Waals surface area contributed by atoms with E-state index < -0.39 is 0 Å². The van der Waals surface area contributed by atoms with Gasteiger partial charge in [-0.05, 0) is 55.0 Å². The van der Waals surface area contributed by atoms with E-state index in [4.69, 9.17) is 55.9 Å². The van der Waals surface area contributed by atoms with E-state index in [0.29, 0.717) is 51.3 Å². The Balaban J connectivity index is 1.65. The van der Waals surface area contributed by atoms with Crippen LogP contribution in [0.2, 0.25) is 20.1 Å². The molecule has 1 N–H and O–H groups in total. The molecule has 0 unspecified atom stereocenters. The Morgan fingerprint density at radius 1 is 0.871 bits per heavy atom. The highest BCUT2D eigenvalue weighted by Crippen LogP contribution is 2.30. The van der Waals surface area contributed by atoms with Crippen LogP contribution in [0.4, 0.5) is 0 Å². The molecule has 31 heavy (non-hydrogen) atoms. The van der Waals surface area contributed by atoms with Crippen LogP contribution < -0.4 is 14.9 Å². The van der Waals surface area contributed by atoms with E-state index >= 15 is 0 Å². The van der Waals surface area contributed by atoms with Gasteiger partial charge >= 0.3 is 0 Å². The molecule has 0 bridgehead atoms. The van der Waals surface area contributed by atoms with Crippen molar-refractivity contribution in [2.24, 2.45) is 5.10 Å². The number of ether oxygens (including phenoxy) is 2. The Kier molecular flexibility index (Phi) is 8.73. The smallest absolute Gasteiger partial charge is 0.161 e. The van der Waals surface area contributed by atoms with Gasteiger partial charge < -0.3 is 14.9 Å². The Morgan fingerprint density at radius 2 is 1.65 bits per heavy atom. The van der Waals surface area contributed by atoms with Crippen molar-refractivity contribution in [3.8, 4) is 11.5 Å². The predicted molar refractivity (Wildman–Crippen MR) is 129 cm³/mol. The van der Waals surface area contributed by atoms with Crippen LogP contribution in [0, 0.1) is 0 Å². The molecule has 0 radical (unpaired) electrons. The van der Waals surface area contributed by atoms with Gasteiger partial charge in [-0.1, -0.05) is 58.5 Å². The monoisotopic (exact) mass is 496 g/mol. The lowest BCUT2D eigenvalue weighted by Gasteiger charge is -2.13. The molecule has 0 saturated carbocycles. The minimum atomic E-state index is 0.295. The van der Waals surface area contributed by atoms with Gasteiger partial charge in [0.15, 0.2) is 11.5 Å². The third-order valence-corrected chi connectivity index (χ3v) is 5.58. The zero-order chi connectivity index (χ0) is 22.2. The van der Waals surface area contributed by atoms with Crippen molar-refractivity contribution in [2.45, 2.75) is 20.1 Å². The van der Waals surface area contributed by atoms with E-state index in [1.54, 1.807) is 36.5 Å². The SMILES string of the molecule is CCOc1cc(/C=N/NCc2c(Cl)cccc2Cl)ccc1OCc1ccc(Cl)cc1Cl. The standard InChI is InChI=1S/C23H20Cl4N2O2/c1-2-30-23-10-15(12-28-29-13-18-19(25)4-3-5-20(18)26)6-9-22(23)31-14-16-7-8-17(24)11-21(16)27/h3-12,29H,2,13-14H2,1H3/b28-12+. The zero-order valence-corrected chi connectivity index (χ0v) is 19.7. The van der Waals surface area contributed by atoms with Gasteiger partial charge in [-0.3, -0.25) is 0 Å². The van der Waals surface area contributed by atoms with Gasteiger partial charge in [-0.2, -0.15) is 5.10 Å². The zero-order valence-electron chi connectivity index (χ0n) is 16.7. The normalized spacial score (nSPS) is 11.0. The molecular weight excluding hydrogens is 478 g/mol. The van der Waals surface area contributed by atoms with Gasteiger partial charge in [0.1, 0.15) is 6.61 Å². The molecule has 0 aliphatic rings. The quantitative estimate of drug-likeness (QED) is 0.247. The van der Waals surface area contributed by atoms with Crippen molar-refractivity contribution in [1.29, 1.82) is 0 Å². The second kappa shape index (κ2) is 11.5. The molecular formula is C23H20Cl4N2O2. The second-order valence-corrected chi connectivity index (χ2v) is 8.11. The summed E-state index contributed by atoms with van der Waals surface area (Å²) in [5, 5.41) is 6.57. The van der Waals surface area contributed by atoms with Gasteiger partial charge in [0.05, 0.1) is 19.4 Å². The molecule has 162 valence electrons. The number of benzene rings is 3. The van der Waals surface area contributed by atoms with Gasteiger partial charge in [0.2, 0.25) is 0 Å². The number of nitrogens with zero attached hydrogens (tertiary/aromatic N) is 1. The minimum Gasteiger partial charge on any atom is -0.490 e. The Hall–Kier alpha value is -2.11. The molecule has 0 aliphatic heterocycles. The van der Waals surface area contributed by atoms with E-state index in [-0.39, 0.29) is 0 Å². The summed E-state index contributed by atoms with van der Waals surface area (Å²) in [5.74, 6) is 1.23. The Labute approximate surface area is 201 Å². The summed E-state index contributed by atoms with van der Waals surface area (Å²) in [4.78, 5) is 0. The average molecular weight is 498 g/mol. The van der Waals surface area contributed by atoms with E-state index in [2.05, 4.69) is 10.5 Å². The summed E-state index contributed by atoms with van der Waals surface area (Å²) in [6, 6.07) is 16.3. The van der Waals surface area contributed by atoms with Crippen LogP contribution in [0.15, 0.2) is 59.7 Å². The van der Waals surface area contributed by atoms with Crippen LogP contribution in [0.1, 0.15) is 23.6 Å². The van der Waals surface area contributed by atoms with Crippen molar-refractivity contribution >= 4 is 52.6 Å². The molecule has 0 atom stereocenters. The molecule has 0 saturated heterocycles. The first-order valence-electron chi connectivity index (χ1n) is 9.50. The lowest BCUT2D eigenvalue weighted by atomic mass is 10.2. The van der Waals surface area contributed by atoms with E-state index in [9.17, 15) is 0 Å². The molecule has 0 aromatic heterocycles. The van der Waals surface area contributed by atoms with Crippen LogP contribution in [0.25, 0.3) is 0 Å². The van der Waals surface area contributed by atoms with Crippen molar-refractivity contribution in [3.05, 3.63) is 91.4 Å². The number of rotatable bonds is 9. The molecule has 0 spiro atoms. The number of halogens is 4. The number of hydrazone groups is 1. The predicted octanol–water partition coefficient (Wildman–Crippen LogP) is 7.40. The maximum absolute atomic E-state index is 6.22. The topological polar surface area (TPSA) is 42.8 Å². The van der Waals surface area contributed by atoms with Crippen molar-refractivity contribution in [3.63, 3.8) is 0 Å². The summed E-state index contributed by atoms with van der Waals surface area (Å²) in [6.45, 7) is 3.12. The second-order valence-electron chi connectivity index (χ2n) is 6.46. The summed E-state index contributed by atoms with van der Waals surface area (Å²) >= 11 is 24.5. The molecule has 0 fully saturated rings. The van der Waals surface area contributed by atoms with E-state index in [0.717, 1.165) is 16.7 Å². The Morgan fingerprint density at radius 3 is 2.35 bits per heavy atom. The minimum absolute atomic E-state index is 0.295. The molecule has 8 heteroatoms. The van der Waals surface area contributed by atoms with E-state index in [1.165, 1.54) is 0 Å². The summed E-state index contributed by atoms with van der Waals surface area (Å²) in [6.07, 6.45) is 1.69. The third kappa shape index (κ3) is 6.68. The van der Waals surface area contributed by atoms with Crippen LogP contribution in [-0.2, 0) is 13.2 Å². The fourth-order valence-corrected chi connectivity index (χ4v) is 3.73. The lowest BCUT2D eigenvalue weighted by Crippen LogP contribution is -2.07. The van der Waals surface area contributed by atoms with Crippen molar-refractivity contribution < 1.29 is 9.47 Å². The highest BCUT2D eigenvalue weighted by Gasteiger charge is 2.09. The molecule has 4 nitrogen and oxygen atoms in total. The van der Waals surface area contributed by atoms with Crippen molar-refractivity contribution in [1.82, 2.24) is 5.43 Å². The summed E-state index contributed by atoms with van der Waals surface area (Å²) in [7, 11) is 0. The maximum atomic E-state index is 6.22. The molecule has 0 aliphatic carbocycles. The molecule has 0 amide bonds. The number of hydrogen-bond donors (Lipinski definition) is 1. The number of hydrogen-bond acceptors (Lipinski definition) is 4. The van der Waals surface area contributed by atoms with Gasteiger partial charge in [-0.25, -0.2) is 0 Å². The first-order valence-corrected chi connectivity index (χ1v) is 11.0. The van der Waals surface area contributed by atoms with Crippen LogP contribution in [0.3, 0.4) is 0 Å². The highest BCUT2D eigenvalue weighted by molar-refractivity contribution is 6.36. The molecule has 3 aromatic carbocycles.